The average Bonchev–Trinajstić information content (AvgIpc) is 2.38. The average molecular weight is 293 g/mol. The second-order valence-corrected chi connectivity index (χ2v) is 7.47. The van der Waals surface area contributed by atoms with Crippen molar-refractivity contribution in [2.75, 3.05) is 32.0 Å². The summed E-state index contributed by atoms with van der Waals surface area (Å²) < 4.78 is 5.78. The Labute approximate surface area is 125 Å². The van der Waals surface area contributed by atoms with E-state index in [1.54, 1.807) is 0 Å². The minimum absolute atomic E-state index is 0.150. The minimum atomic E-state index is 0.150. The Morgan fingerprint density at radius 2 is 2.15 bits per heavy atom. The van der Waals surface area contributed by atoms with E-state index < -0.39 is 0 Å². The van der Waals surface area contributed by atoms with Gasteiger partial charge in [0, 0.05) is 23.6 Å². The third-order valence-corrected chi connectivity index (χ3v) is 4.66. The van der Waals surface area contributed by atoms with E-state index in [0.29, 0.717) is 24.5 Å². The van der Waals surface area contributed by atoms with Crippen molar-refractivity contribution in [2.24, 2.45) is 0 Å². The van der Waals surface area contributed by atoms with Gasteiger partial charge in [0.05, 0.1) is 18.7 Å². The van der Waals surface area contributed by atoms with Gasteiger partial charge in [-0.15, -0.1) is 0 Å². The number of rotatable bonds is 5. The van der Waals surface area contributed by atoms with Crippen molar-refractivity contribution in [2.45, 2.75) is 25.5 Å². The van der Waals surface area contributed by atoms with E-state index in [1.165, 1.54) is 0 Å². The van der Waals surface area contributed by atoms with Gasteiger partial charge in [0.1, 0.15) is 5.75 Å². The van der Waals surface area contributed by atoms with E-state index in [0.717, 1.165) is 18.8 Å². The fourth-order valence-electron chi connectivity index (χ4n) is 2.52. The van der Waals surface area contributed by atoms with Crippen LogP contribution in [-0.2, 0) is 0 Å². The van der Waals surface area contributed by atoms with Crippen LogP contribution in [0.25, 0.3) is 0 Å². The summed E-state index contributed by atoms with van der Waals surface area (Å²) in [4.78, 5) is 14.7. The Hall–Kier alpha value is -1.00. The molecule has 0 bridgehead atoms. The lowest BCUT2D eigenvalue weighted by Crippen LogP contribution is -2.45. The SMILES string of the molecule is CCOc1ccccc1C(=O)CN1CCSC(C)(C)C1. The zero-order valence-corrected chi connectivity index (χ0v) is 13.3. The van der Waals surface area contributed by atoms with Crippen LogP contribution >= 0.6 is 11.8 Å². The van der Waals surface area contributed by atoms with Gasteiger partial charge in [-0.2, -0.15) is 11.8 Å². The topological polar surface area (TPSA) is 29.5 Å². The van der Waals surface area contributed by atoms with Crippen molar-refractivity contribution in [3.8, 4) is 5.75 Å². The summed E-state index contributed by atoms with van der Waals surface area (Å²) >= 11 is 1.98. The molecule has 1 aliphatic heterocycles. The first-order valence-corrected chi connectivity index (χ1v) is 8.12. The number of nitrogens with zero attached hydrogens (tertiary/aromatic N) is 1. The molecule has 20 heavy (non-hydrogen) atoms. The molecule has 0 unspecified atom stereocenters. The fourth-order valence-corrected chi connectivity index (χ4v) is 3.69. The number of thioether (sulfide) groups is 1. The number of ketones is 1. The second kappa shape index (κ2) is 6.64. The number of para-hydroxylation sites is 1. The predicted molar refractivity (Wildman–Crippen MR) is 84.9 cm³/mol. The van der Waals surface area contributed by atoms with Crippen LogP contribution in [0.4, 0.5) is 0 Å². The van der Waals surface area contributed by atoms with Crippen LogP contribution < -0.4 is 4.74 Å². The number of Topliss-reactive ketones (excluding diaryl/α,β-unsaturated/α-hetero) is 1. The van der Waals surface area contributed by atoms with E-state index in [9.17, 15) is 4.79 Å². The van der Waals surface area contributed by atoms with Gasteiger partial charge in [0.25, 0.3) is 0 Å². The van der Waals surface area contributed by atoms with Crippen LogP contribution in [0.3, 0.4) is 0 Å². The normalized spacial score (nSPS) is 18.8. The molecule has 0 atom stereocenters. The van der Waals surface area contributed by atoms with E-state index >= 15 is 0 Å². The number of carbonyl (C=O) groups excluding carboxylic acids is 1. The van der Waals surface area contributed by atoms with Gasteiger partial charge < -0.3 is 4.74 Å². The summed E-state index contributed by atoms with van der Waals surface area (Å²) in [6.07, 6.45) is 0. The van der Waals surface area contributed by atoms with Crippen molar-refractivity contribution in [3.05, 3.63) is 29.8 Å². The molecular weight excluding hydrogens is 270 g/mol. The molecule has 0 spiro atoms. The summed E-state index contributed by atoms with van der Waals surface area (Å²) in [5.41, 5.74) is 0.699. The number of ether oxygens (including phenoxy) is 1. The molecule has 1 aromatic rings. The van der Waals surface area contributed by atoms with Crippen molar-refractivity contribution in [1.29, 1.82) is 0 Å². The molecule has 0 aliphatic carbocycles. The van der Waals surface area contributed by atoms with Crippen LogP contribution in [-0.4, -0.2) is 47.4 Å². The Kier molecular flexibility index (Phi) is 5.11. The van der Waals surface area contributed by atoms with E-state index in [2.05, 4.69) is 18.7 Å². The monoisotopic (exact) mass is 293 g/mol. The van der Waals surface area contributed by atoms with Gasteiger partial charge in [-0.05, 0) is 32.9 Å². The minimum Gasteiger partial charge on any atom is -0.493 e. The Balaban J connectivity index is 2.05. The quantitative estimate of drug-likeness (QED) is 0.780. The molecule has 0 N–H and O–H groups in total. The highest BCUT2D eigenvalue weighted by Gasteiger charge is 2.28. The largest absolute Gasteiger partial charge is 0.493 e. The first-order chi connectivity index (χ1) is 9.52. The summed E-state index contributed by atoms with van der Waals surface area (Å²) in [7, 11) is 0. The first-order valence-electron chi connectivity index (χ1n) is 7.13. The van der Waals surface area contributed by atoms with E-state index in [1.807, 2.05) is 43.0 Å². The van der Waals surface area contributed by atoms with Crippen LogP contribution in [0, 0.1) is 0 Å². The maximum atomic E-state index is 12.5. The van der Waals surface area contributed by atoms with E-state index in [4.69, 9.17) is 4.74 Å². The summed E-state index contributed by atoms with van der Waals surface area (Å²) in [6.45, 7) is 9.42. The smallest absolute Gasteiger partial charge is 0.180 e. The van der Waals surface area contributed by atoms with E-state index in [-0.39, 0.29) is 10.5 Å². The maximum absolute atomic E-state index is 12.5. The molecule has 1 fully saturated rings. The third-order valence-electron chi connectivity index (χ3n) is 3.36. The van der Waals surface area contributed by atoms with Gasteiger partial charge in [-0.25, -0.2) is 0 Å². The van der Waals surface area contributed by atoms with Crippen molar-refractivity contribution >= 4 is 17.5 Å². The molecule has 0 aromatic heterocycles. The van der Waals surface area contributed by atoms with Crippen molar-refractivity contribution in [3.63, 3.8) is 0 Å². The maximum Gasteiger partial charge on any atom is 0.180 e. The van der Waals surface area contributed by atoms with Gasteiger partial charge in [-0.3, -0.25) is 9.69 Å². The molecule has 2 rings (SSSR count). The zero-order valence-electron chi connectivity index (χ0n) is 12.5. The summed E-state index contributed by atoms with van der Waals surface area (Å²) in [6, 6.07) is 7.53. The number of hydrogen-bond donors (Lipinski definition) is 0. The van der Waals surface area contributed by atoms with Crippen LogP contribution in [0.5, 0.6) is 5.75 Å². The highest BCUT2D eigenvalue weighted by molar-refractivity contribution is 8.00. The van der Waals surface area contributed by atoms with Gasteiger partial charge in [-0.1, -0.05) is 12.1 Å². The Bertz CT molecular complexity index is 473. The molecule has 1 aromatic carbocycles. The molecule has 1 aliphatic rings. The highest BCUT2D eigenvalue weighted by atomic mass is 32.2. The fraction of sp³-hybridized carbons (Fsp3) is 0.562. The van der Waals surface area contributed by atoms with Crippen LogP contribution in [0.2, 0.25) is 0 Å². The predicted octanol–water partition coefficient (Wildman–Crippen LogP) is 3.10. The Morgan fingerprint density at radius 1 is 1.40 bits per heavy atom. The molecule has 3 nitrogen and oxygen atoms in total. The molecule has 1 saturated heterocycles. The van der Waals surface area contributed by atoms with Gasteiger partial charge in [0.2, 0.25) is 0 Å². The van der Waals surface area contributed by atoms with Crippen molar-refractivity contribution in [1.82, 2.24) is 4.90 Å². The molecule has 0 amide bonds. The highest BCUT2D eigenvalue weighted by Crippen LogP contribution is 2.29. The van der Waals surface area contributed by atoms with Crippen LogP contribution in [0.1, 0.15) is 31.1 Å². The second-order valence-electron chi connectivity index (χ2n) is 5.67. The first kappa shape index (κ1) is 15.4. The number of benzene rings is 1. The van der Waals surface area contributed by atoms with Crippen LogP contribution in [0.15, 0.2) is 24.3 Å². The lowest BCUT2D eigenvalue weighted by atomic mass is 10.1. The van der Waals surface area contributed by atoms with Gasteiger partial charge >= 0.3 is 0 Å². The lowest BCUT2D eigenvalue weighted by Gasteiger charge is -2.37. The number of carbonyl (C=O) groups is 1. The van der Waals surface area contributed by atoms with Crippen molar-refractivity contribution < 1.29 is 9.53 Å². The zero-order chi connectivity index (χ0) is 14.6. The summed E-state index contributed by atoms with van der Waals surface area (Å²) in [5, 5.41) is 0. The molecule has 0 saturated carbocycles. The molecule has 0 radical (unpaired) electrons. The van der Waals surface area contributed by atoms with Gasteiger partial charge in [0.15, 0.2) is 5.78 Å². The lowest BCUT2D eigenvalue weighted by molar-refractivity contribution is 0.0924. The molecule has 4 heteroatoms. The summed E-state index contributed by atoms with van der Waals surface area (Å²) in [5.74, 6) is 1.94. The molecule has 110 valence electrons. The molecular formula is C16H23NO2S. The number of hydrogen-bond acceptors (Lipinski definition) is 4. The molecule has 1 heterocycles. The Morgan fingerprint density at radius 3 is 2.85 bits per heavy atom. The third kappa shape index (κ3) is 4.00. The standard InChI is InChI=1S/C16H23NO2S/c1-4-19-15-8-6-5-7-13(15)14(18)11-17-9-10-20-16(2,3)12-17/h5-8H,4,9-12H2,1-3H3.